The first-order valence-electron chi connectivity index (χ1n) is 9.81. The van der Waals surface area contributed by atoms with E-state index in [0.29, 0.717) is 22.3 Å². The minimum Gasteiger partial charge on any atom is -0.449 e. The summed E-state index contributed by atoms with van der Waals surface area (Å²) < 4.78 is 45.1. The molecule has 0 fully saturated rings. The number of ether oxygens (including phenoxy) is 1. The first-order valence-corrected chi connectivity index (χ1v) is 10.6. The fourth-order valence-corrected chi connectivity index (χ4v) is 3.28. The largest absolute Gasteiger partial charge is 0.449 e. The molecule has 7 nitrogen and oxygen atoms in total. The summed E-state index contributed by atoms with van der Waals surface area (Å²) in [5, 5.41) is 23.5. The summed E-state index contributed by atoms with van der Waals surface area (Å²) in [5.41, 5.74) is -0.762. The van der Waals surface area contributed by atoms with Crippen molar-refractivity contribution in [2.75, 3.05) is 5.32 Å². The van der Waals surface area contributed by atoms with Crippen LogP contribution >= 0.6 is 15.9 Å². The smallest absolute Gasteiger partial charge is 0.416 e. The number of nitriles is 1. The number of carbonyl (C=O) groups is 1. The molecule has 3 aromatic rings. The number of carbonyl (C=O) groups excluding carboxylic acids is 1. The minimum absolute atomic E-state index is 0.0213. The Morgan fingerprint density at radius 3 is 2.37 bits per heavy atom. The average Bonchev–Trinajstić information content (AvgIpc) is 2.79. The number of nitro benzene ring substituents is 1. The van der Waals surface area contributed by atoms with E-state index in [4.69, 9.17) is 4.74 Å². The molecule has 3 aromatic carbocycles. The zero-order valence-electron chi connectivity index (χ0n) is 17.9. The summed E-state index contributed by atoms with van der Waals surface area (Å²) >= 11 is 3.26. The number of nitrogens with zero attached hydrogens (tertiary/aromatic N) is 2. The topological polar surface area (TPSA) is 105 Å². The predicted molar refractivity (Wildman–Crippen MR) is 126 cm³/mol. The number of amides is 1. The van der Waals surface area contributed by atoms with Crippen LogP contribution in [0.25, 0.3) is 6.08 Å². The zero-order valence-corrected chi connectivity index (χ0v) is 19.5. The number of benzene rings is 3. The number of hydrogen-bond acceptors (Lipinski definition) is 5. The van der Waals surface area contributed by atoms with Crippen LogP contribution in [0.3, 0.4) is 0 Å². The highest BCUT2D eigenvalue weighted by atomic mass is 79.9. The van der Waals surface area contributed by atoms with Crippen molar-refractivity contribution in [3.05, 3.63) is 97.5 Å². The molecular formula is C24H15BrF3N3O4. The maximum absolute atomic E-state index is 13.0. The number of halogens is 4. The van der Waals surface area contributed by atoms with Crippen LogP contribution in [0.2, 0.25) is 0 Å². The molecule has 0 aliphatic carbocycles. The average molecular weight is 546 g/mol. The first-order chi connectivity index (χ1) is 16.5. The van der Waals surface area contributed by atoms with Gasteiger partial charge in [0.15, 0.2) is 0 Å². The van der Waals surface area contributed by atoms with E-state index in [2.05, 4.69) is 21.2 Å². The van der Waals surface area contributed by atoms with E-state index >= 15 is 0 Å². The molecule has 35 heavy (non-hydrogen) atoms. The summed E-state index contributed by atoms with van der Waals surface area (Å²) in [6.45, 7) is 1.88. The SMILES string of the molecule is Cc1ccc(NC(=O)/C(C#N)=C/c2cc(Br)ccc2Oc2ccc(C(F)(F)F)cc2[N+](=O)[O-])cc1. The number of anilines is 1. The monoisotopic (exact) mass is 545 g/mol. The van der Waals surface area contributed by atoms with Gasteiger partial charge in [-0.1, -0.05) is 33.6 Å². The highest BCUT2D eigenvalue weighted by Gasteiger charge is 2.33. The maximum Gasteiger partial charge on any atom is 0.416 e. The lowest BCUT2D eigenvalue weighted by Gasteiger charge is -2.12. The second-order valence-corrected chi connectivity index (χ2v) is 8.13. The van der Waals surface area contributed by atoms with Gasteiger partial charge in [0.2, 0.25) is 5.75 Å². The molecule has 0 saturated carbocycles. The van der Waals surface area contributed by atoms with E-state index in [1.54, 1.807) is 30.3 Å². The van der Waals surface area contributed by atoms with Crippen LogP contribution < -0.4 is 10.1 Å². The van der Waals surface area contributed by atoms with Crippen LogP contribution in [0.1, 0.15) is 16.7 Å². The molecule has 0 atom stereocenters. The standard InChI is InChI=1S/C24H15BrF3N3O4/c1-14-2-6-19(7-3-14)30-23(32)16(13-29)10-15-11-18(25)5-9-21(15)35-22-8-4-17(24(26,27)28)12-20(22)31(33)34/h2-12H,1H3,(H,30,32)/b16-10+. The van der Waals surface area contributed by atoms with Crippen LogP contribution in [0, 0.1) is 28.4 Å². The molecular weight excluding hydrogens is 531 g/mol. The Labute approximate surface area is 205 Å². The van der Waals surface area contributed by atoms with Gasteiger partial charge in [-0.2, -0.15) is 18.4 Å². The number of alkyl halides is 3. The molecule has 1 amide bonds. The predicted octanol–water partition coefficient (Wildman–Crippen LogP) is 7.02. The van der Waals surface area contributed by atoms with Gasteiger partial charge in [0, 0.05) is 21.8 Å². The third-order valence-corrected chi connectivity index (χ3v) is 5.14. The van der Waals surface area contributed by atoms with Crippen molar-refractivity contribution in [1.29, 1.82) is 5.26 Å². The number of hydrogen-bond donors (Lipinski definition) is 1. The molecule has 178 valence electrons. The fraction of sp³-hybridized carbons (Fsp3) is 0.0833. The van der Waals surface area contributed by atoms with Crippen molar-refractivity contribution >= 4 is 39.3 Å². The van der Waals surface area contributed by atoms with Gasteiger partial charge >= 0.3 is 11.9 Å². The van der Waals surface area contributed by atoms with E-state index in [0.717, 1.165) is 11.6 Å². The molecule has 0 unspecified atom stereocenters. The van der Waals surface area contributed by atoms with E-state index in [1.807, 2.05) is 6.92 Å². The fourth-order valence-electron chi connectivity index (χ4n) is 2.91. The zero-order chi connectivity index (χ0) is 25.8. The maximum atomic E-state index is 13.0. The molecule has 0 heterocycles. The van der Waals surface area contributed by atoms with Gasteiger partial charge in [0.05, 0.1) is 10.5 Å². The number of aryl methyl sites for hydroxylation is 1. The third kappa shape index (κ3) is 6.45. The Hall–Kier alpha value is -4.17. The normalized spacial score (nSPS) is 11.5. The number of rotatable bonds is 6. The third-order valence-electron chi connectivity index (χ3n) is 4.65. The van der Waals surface area contributed by atoms with Gasteiger partial charge in [0.25, 0.3) is 5.91 Å². The molecule has 0 aromatic heterocycles. The van der Waals surface area contributed by atoms with Crippen LogP contribution in [0.4, 0.5) is 24.5 Å². The quantitative estimate of drug-likeness (QED) is 0.155. The Kier molecular flexibility index (Phi) is 7.56. The molecule has 1 N–H and O–H groups in total. The van der Waals surface area contributed by atoms with Crippen molar-refractivity contribution in [1.82, 2.24) is 0 Å². The van der Waals surface area contributed by atoms with E-state index in [9.17, 15) is 33.3 Å². The summed E-state index contributed by atoms with van der Waals surface area (Å²) in [4.78, 5) is 23.0. The molecule has 0 saturated heterocycles. The van der Waals surface area contributed by atoms with Crippen molar-refractivity contribution in [2.24, 2.45) is 0 Å². The lowest BCUT2D eigenvalue weighted by molar-refractivity contribution is -0.385. The second-order valence-electron chi connectivity index (χ2n) is 7.21. The highest BCUT2D eigenvalue weighted by Crippen LogP contribution is 2.39. The highest BCUT2D eigenvalue weighted by molar-refractivity contribution is 9.10. The van der Waals surface area contributed by atoms with Crippen molar-refractivity contribution in [3.63, 3.8) is 0 Å². The van der Waals surface area contributed by atoms with Crippen molar-refractivity contribution < 1.29 is 27.6 Å². The Morgan fingerprint density at radius 2 is 1.77 bits per heavy atom. The summed E-state index contributed by atoms with van der Waals surface area (Å²) in [6, 6.07) is 15.0. The van der Waals surface area contributed by atoms with E-state index < -0.39 is 34.0 Å². The molecule has 0 bridgehead atoms. The first kappa shape index (κ1) is 25.5. The molecule has 0 spiro atoms. The Balaban J connectivity index is 1.98. The molecule has 11 heteroatoms. The van der Waals surface area contributed by atoms with Crippen molar-refractivity contribution in [3.8, 4) is 17.6 Å². The van der Waals surface area contributed by atoms with Gasteiger partial charge in [0.1, 0.15) is 17.4 Å². The van der Waals surface area contributed by atoms with Gasteiger partial charge in [-0.05, 0) is 55.5 Å². The van der Waals surface area contributed by atoms with Crippen molar-refractivity contribution in [2.45, 2.75) is 13.1 Å². The molecule has 0 radical (unpaired) electrons. The van der Waals surface area contributed by atoms with E-state index in [1.165, 1.54) is 24.3 Å². The van der Waals surface area contributed by atoms with Crippen LogP contribution in [0.15, 0.2) is 70.7 Å². The molecule has 0 aliphatic rings. The Morgan fingerprint density at radius 1 is 1.11 bits per heavy atom. The number of nitrogens with one attached hydrogen (secondary N) is 1. The van der Waals surface area contributed by atoms with Gasteiger partial charge in [-0.25, -0.2) is 0 Å². The number of nitro groups is 1. The molecule has 0 aliphatic heterocycles. The van der Waals surface area contributed by atoms with Crippen LogP contribution in [-0.4, -0.2) is 10.8 Å². The van der Waals surface area contributed by atoms with Gasteiger partial charge < -0.3 is 10.1 Å². The van der Waals surface area contributed by atoms with E-state index in [-0.39, 0.29) is 16.9 Å². The van der Waals surface area contributed by atoms with Gasteiger partial charge in [-0.3, -0.25) is 14.9 Å². The summed E-state index contributed by atoms with van der Waals surface area (Å²) in [7, 11) is 0. The minimum atomic E-state index is -4.78. The Bertz CT molecular complexity index is 1360. The second kappa shape index (κ2) is 10.4. The summed E-state index contributed by atoms with van der Waals surface area (Å²) in [6.07, 6.45) is -3.57. The molecule has 3 rings (SSSR count). The van der Waals surface area contributed by atoms with Crippen LogP contribution in [0.5, 0.6) is 11.5 Å². The van der Waals surface area contributed by atoms with Gasteiger partial charge in [-0.15, -0.1) is 0 Å². The lowest BCUT2D eigenvalue weighted by atomic mass is 10.1. The summed E-state index contributed by atoms with van der Waals surface area (Å²) in [5.74, 6) is -1.17. The lowest BCUT2D eigenvalue weighted by Crippen LogP contribution is -2.13. The van der Waals surface area contributed by atoms with Crippen LogP contribution in [-0.2, 0) is 11.0 Å².